The Morgan fingerprint density at radius 1 is 0.586 bits per heavy atom. The van der Waals surface area contributed by atoms with E-state index in [1.165, 1.54) is 128 Å². The van der Waals surface area contributed by atoms with Crippen LogP contribution in [0.2, 0.25) is 0 Å². The largest absolute Gasteiger partial charge is 0.148 e. The Kier molecular flexibility index (Phi) is 12.1. The molecule has 0 saturated heterocycles. The second kappa shape index (κ2) is 13.7. The first-order chi connectivity index (χ1) is 14.1. The zero-order chi connectivity index (χ0) is 21.0. The van der Waals surface area contributed by atoms with Gasteiger partial charge in [0, 0.05) is 9.49 Å². The number of hydrogen-bond acceptors (Lipinski definition) is 1. The van der Waals surface area contributed by atoms with Gasteiger partial charge in [-0.15, -0.1) is 11.8 Å². The first-order valence-corrected chi connectivity index (χ1v) is 14.6. The number of hydrogen-bond donors (Lipinski definition) is 0. The van der Waals surface area contributed by atoms with Crippen LogP contribution in [-0.2, 0) is 0 Å². The van der Waals surface area contributed by atoms with Gasteiger partial charge in [0.25, 0.3) is 0 Å². The Labute approximate surface area is 189 Å². The lowest BCUT2D eigenvalue weighted by molar-refractivity contribution is 0.242. The highest BCUT2D eigenvalue weighted by molar-refractivity contribution is 8.02. The van der Waals surface area contributed by atoms with Gasteiger partial charge in [-0.05, 0) is 50.4 Å². The van der Waals surface area contributed by atoms with E-state index in [0.717, 1.165) is 11.8 Å². The van der Waals surface area contributed by atoms with Crippen LogP contribution < -0.4 is 0 Å². The van der Waals surface area contributed by atoms with E-state index < -0.39 is 0 Å². The molecule has 2 rings (SSSR count). The zero-order valence-corrected chi connectivity index (χ0v) is 21.5. The minimum absolute atomic E-state index is 0.597. The van der Waals surface area contributed by atoms with Gasteiger partial charge < -0.3 is 0 Å². The van der Waals surface area contributed by atoms with Crippen LogP contribution in [0.25, 0.3) is 0 Å². The van der Waals surface area contributed by atoms with Crippen molar-refractivity contribution in [1.29, 1.82) is 0 Å². The van der Waals surface area contributed by atoms with E-state index in [4.69, 9.17) is 0 Å². The third-order valence-electron chi connectivity index (χ3n) is 8.58. The summed E-state index contributed by atoms with van der Waals surface area (Å²) in [5, 5.41) is 0. The number of thioether (sulfide) groups is 1. The topological polar surface area (TPSA) is 0 Å². The van der Waals surface area contributed by atoms with Gasteiger partial charge in [-0.3, -0.25) is 0 Å². The molecular weight excluding hydrogens is 368 g/mol. The van der Waals surface area contributed by atoms with Gasteiger partial charge in [0.15, 0.2) is 0 Å². The van der Waals surface area contributed by atoms with Gasteiger partial charge >= 0.3 is 0 Å². The third-order valence-corrected chi connectivity index (χ3v) is 11.0. The molecule has 0 spiro atoms. The molecule has 0 aromatic heterocycles. The van der Waals surface area contributed by atoms with Crippen molar-refractivity contribution in [2.75, 3.05) is 0 Å². The Bertz CT molecular complexity index is 381. The molecule has 2 aliphatic carbocycles. The van der Waals surface area contributed by atoms with Crippen LogP contribution >= 0.6 is 11.8 Å². The average molecular weight is 423 g/mol. The van der Waals surface area contributed by atoms with Crippen molar-refractivity contribution in [1.82, 2.24) is 0 Å². The van der Waals surface area contributed by atoms with Crippen LogP contribution in [0.15, 0.2) is 0 Å². The number of unbranched alkanes of at least 4 members (excludes halogenated alkanes) is 8. The summed E-state index contributed by atoms with van der Waals surface area (Å²) in [4.78, 5) is 0. The van der Waals surface area contributed by atoms with Crippen LogP contribution in [0.5, 0.6) is 0 Å². The summed E-state index contributed by atoms with van der Waals surface area (Å²) in [5.74, 6) is 1.86. The Morgan fingerprint density at radius 3 is 1.38 bits per heavy atom. The zero-order valence-electron chi connectivity index (χ0n) is 20.7. The smallest absolute Gasteiger partial charge is 0.0191 e. The molecule has 0 amide bonds. The highest BCUT2D eigenvalue weighted by Gasteiger charge is 2.48. The summed E-state index contributed by atoms with van der Waals surface area (Å²) in [6.07, 6.45) is 29.4. The summed E-state index contributed by atoms with van der Waals surface area (Å²) < 4.78 is 1.19. The molecule has 2 saturated carbocycles. The quantitative estimate of drug-likeness (QED) is 0.251. The molecule has 0 heterocycles. The van der Waals surface area contributed by atoms with Gasteiger partial charge in [0.05, 0.1) is 0 Å². The molecule has 0 N–H and O–H groups in total. The standard InChI is InChI=1S/C28H54S/c1-5-7-9-11-15-21-27(23-17-13-19-25(27)3)29-28(22-16-12-10-8-6-2)24-18-14-20-26(28)4/h25-26H,5-24H2,1-4H3. The normalized spacial score (nSPS) is 33.1. The van der Waals surface area contributed by atoms with E-state index in [0.29, 0.717) is 9.49 Å². The van der Waals surface area contributed by atoms with Gasteiger partial charge in [-0.25, -0.2) is 0 Å². The van der Waals surface area contributed by atoms with Crippen molar-refractivity contribution in [2.45, 2.75) is 166 Å². The van der Waals surface area contributed by atoms with Gasteiger partial charge in [0.1, 0.15) is 0 Å². The Hall–Kier alpha value is 0.350. The lowest BCUT2D eigenvalue weighted by Crippen LogP contribution is -2.46. The van der Waals surface area contributed by atoms with E-state index in [1.807, 2.05) is 0 Å². The van der Waals surface area contributed by atoms with Crippen LogP contribution in [0.1, 0.15) is 156 Å². The van der Waals surface area contributed by atoms with Crippen molar-refractivity contribution >= 4 is 11.8 Å². The molecule has 2 fully saturated rings. The lowest BCUT2D eigenvalue weighted by atomic mass is 9.75. The molecule has 0 aromatic rings. The average Bonchev–Trinajstić information content (AvgIpc) is 2.72. The van der Waals surface area contributed by atoms with E-state index in [9.17, 15) is 0 Å². The highest BCUT2D eigenvalue weighted by Crippen LogP contribution is 2.58. The molecule has 0 aromatic carbocycles. The molecule has 4 unspecified atom stereocenters. The minimum atomic E-state index is 0.597. The highest BCUT2D eigenvalue weighted by atomic mass is 32.2. The molecule has 29 heavy (non-hydrogen) atoms. The second-order valence-corrected chi connectivity index (χ2v) is 12.7. The van der Waals surface area contributed by atoms with E-state index in [2.05, 4.69) is 39.5 Å². The van der Waals surface area contributed by atoms with Crippen molar-refractivity contribution < 1.29 is 0 Å². The SMILES string of the molecule is CCCCCCCC1(SC2(CCCCCCC)CCCCC2C)CCCCC1C. The molecule has 0 aliphatic heterocycles. The Balaban J connectivity index is 2.07. The van der Waals surface area contributed by atoms with Crippen LogP contribution in [0.3, 0.4) is 0 Å². The fourth-order valence-electron chi connectivity index (χ4n) is 6.38. The molecule has 2 aliphatic rings. The van der Waals surface area contributed by atoms with Crippen molar-refractivity contribution in [3.05, 3.63) is 0 Å². The molecule has 0 nitrogen and oxygen atoms in total. The van der Waals surface area contributed by atoms with E-state index in [1.54, 1.807) is 0 Å². The summed E-state index contributed by atoms with van der Waals surface area (Å²) in [7, 11) is 0. The van der Waals surface area contributed by atoms with Gasteiger partial charge in [0.2, 0.25) is 0 Å². The van der Waals surface area contributed by atoms with E-state index >= 15 is 0 Å². The van der Waals surface area contributed by atoms with Crippen molar-refractivity contribution in [3.8, 4) is 0 Å². The summed E-state index contributed by atoms with van der Waals surface area (Å²) in [6.45, 7) is 9.94. The first kappa shape index (κ1) is 25.6. The molecule has 1 heteroatoms. The molecular formula is C28H54S. The monoisotopic (exact) mass is 422 g/mol. The first-order valence-electron chi connectivity index (χ1n) is 13.8. The van der Waals surface area contributed by atoms with Crippen LogP contribution in [0.4, 0.5) is 0 Å². The van der Waals surface area contributed by atoms with Crippen molar-refractivity contribution in [3.63, 3.8) is 0 Å². The molecule has 172 valence electrons. The summed E-state index contributed by atoms with van der Waals surface area (Å²) in [6, 6.07) is 0. The Morgan fingerprint density at radius 2 is 1.00 bits per heavy atom. The molecule has 0 radical (unpaired) electrons. The molecule has 0 bridgehead atoms. The minimum Gasteiger partial charge on any atom is -0.148 e. The predicted molar refractivity (Wildman–Crippen MR) is 135 cm³/mol. The fraction of sp³-hybridized carbons (Fsp3) is 1.00. The van der Waals surface area contributed by atoms with Gasteiger partial charge in [-0.1, -0.05) is 118 Å². The third kappa shape index (κ3) is 7.76. The second-order valence-electron chi connectivity index (χ2n) is 10.9. The number of rotatable bonds is 14. The van der Waals surface area contributed by atoms with Gasteiger partial charge in [-0.2, -0.15) is 0 Å². The maximum atomic E-state index is 2.63. The lowest BCUT2D eigenvalue weighted by Gasteiger charge is -2.52. The van der Waals surface area contributed by atoms with Crippen molar-refractivity contribution in [2.24, 2.45) is 11.8 Å². The van der Waals surface area contributed by atoms with Crippen LogP contribution in [-0.4, -0.2) is 9.49 Å². The maximum absolute atomic E-state index is 2.63. The summed E-state index contributed by atoms with van der Waals surface area (Å²) in [5.41, 5.74) is 0. The van der Waals surface area contributed by atoms with E-state index in [-0.39, 0.29) is 0 Å². The fourth-order valence-corrected chi connectivity index (χ4v) is 8.81. The predicted octanol–water partition coefficient (Wildman–Crippen LogP) is 10.3. The maximum Gasteiger partial charge on any atom is 0.0191 e. The van der Waals surface area contributed by atoms with Crippen LogP contribution in [0, 0.1) is 11.8 Å². The molecule has 4 atom stereocenters. The summed E-state index contributed by atoms with van der Waals surface area (Å²) >= 11 is 2.58.